The minimum atomic E-state index is -0.917. The molecule has 36 heavy (non-hydrogen) atoms. The molecule has 2 aromatic carbocycles. The summed E-state index contributed by atoms with van der Waals surface area (Å²) < 4.78 is 21.7. The first-order chi connectivity index (χ1) is 16.8. The fourth-order valence-electron chi connectivity index (χ4n) is 3.46. The number of ether oxygens (including phenoxy) is 4. The first-order valence-corrected chi connectivity index (χ1v) is 10.6. The van der Waals surface area contributed by atoms with Gasteiger partial charge in [-0.1, -0.05) is 5.21 Å². The Kier molecular flexibility index (Phi) is 9.88. The minimum Gasteiger partial charge on any atom is -0.495 e. The van der Waals surface area contributed by atoms with Crippen LogP contribution in [0.1, 0.15) is 12.8 Å². The second-order valence-electron chi connectivity index (χ2n) is 7.47. The first kappa shape index (κ1) is 28.2. The second-order valence-corrected chi connectivity index (χ2v) is 7.47. The highest BCUT2D eigenvalue weighted by atomic mass is 35.5. The van der Waals surface area contributed by atoms with Crippen molar-refractivity contribution >= 4 is 29.9 Å². The van der Waals surface area contributed by atoms with Gasteiger partial charge in [0.15, 0.2) is 11.5 Å². The number of halogens is 1. The molecule has 6 N–H and O–H groups in total. The van der Waals surface area contributed by atoms with Crippen molar-refractivity contribution < 1.29 is 28.5 Å². The van der Waals surface area contributed by atoms with Crippen molar-refractivity contribution in [3.05, 3.63) is 30.3 Å². The lowest BCUT2D eigenvalue weighted by atomic mass is 10.0. The highest BCUT2D eigenvalue weighted by molar-refractivity contribution is 5.97. The van der Waals surface area contributed by atoms with Crippen LogP contribution in [0.4, 0.5) is 5.69 Å². The molecule has 194 valence electrons. The summed E-state index contributed by atoms with van der Waals surface area (Å²) in [5.74, 6) is 0.789. The van der Waals surface area contributed by atoms with Crippen LogP contribution in [0.25, 0.3) is 22.5 Å². The Hall–Kier alpha value is -4.03. The van der Waals surface area contributed by atoms with Crippen LogP contribution in [0, 0.1) is 0 Å². The number of hydrogen-bond acceptors (Lipinski definition) is 9. The molecule has 0 saturated carbocycles. The molecule has 1 unspecified atom stereocenters. The number of nitrogens with two attached hydrogens (primary N) is 2. The van der Waals surface area contributed by atoms with Crippen LogP contribution in [0.15, 0.2) is 30.3 Å². The molecular weight excluding hydrogens is 492 g/mol. The van der Waals surface area contributed by atoms with Crippen molar-refractivity contribution in [2.75, 3.05) is 33.8 Å². The van der Waals surface area contributed by atoms with Gasteiger partial charge < -0.3 is 35.7 Å². The second kappa shape index (κ2) is 12.6. The Labute approximate surface area is 214 Å². The minimum absolute atomic E-state index is 0. The molecule has 1 heterocycles. The van der Waals surface area contributed by atoms with E-state index in [0.717, 1.165) is 0 Å². The molecule has 13 heteroatoms. The molecule has 1 aromatic heterocycles. The van der Waals surface area contributed by atoms with E-state index in [4.69, 9.17) is 30.4 Å². The van der Waals surface area contributed by atoms with E-state index in [1.165, 1.54) is 28.4 Å². The van der Waals surface area contributed by atoms with E-state index in [2.05, 4.69) is 20.7 Å². The molecule has 0 aliphatic heterocycles. The Balaban J connectivity index is 0.00000456. The standard InChI is InChI=1S/C23H28N6O6.ClH/c1-32-16-7-5-12(9-15(16)26-23(31)14(24)6-8-19(25)30)20-21(28-29-27-20)13-10-17(33-2)22(35-4)18(11-13)34-3;/h5,7,9-11,14H,6,8,24H2,1-4H3,(H2,25,30)(H,26,31)(H,27,28,29);1H. The lowest BCUT2D eigenvalue weighted by molar-refractivity contribution is -0.119. The van der Waals surface area contributed by atoms with Gasteiger partial charge in [0, 0.05) is 17.5 Å². The summed E-state index contributed by atoms with van der Waals surface area (Å²) in [5.41, 5.74) is 13.9. The average Bonchev–Trinajstić information content (AvgIpc) is 3.36. The number of aromatic amines is 1. The van der Waals surface area contributed by atoms with E-state index in [0.29, 0.717) is 51.2 Å². The summed E-state index contributed by atoms with van der Waals surface area (Å²) in [6.45, 7) is 0. The Bertz CT molecular complexity index is 1190. The van der Waals surface area contributed by atoms with Gasteiger partial charge in [-0.15, -0.1) is 17.5 Å². The topological polar surface area (TPSA) is 177 Å². The van der Waals surface area contributed by atoms with Gasteiger partial charge in [0.2, 0.25) is 17.6 Å². The zero-order valence-corrected chi connectivity index (χ0v) is 21.1. The van der Waals surface area contributed by atoms with Gasteiger partial charge in [0.1, 0.15) is 11.4 Å². The molecule has 0 fully saturated rings. The summed E-state index contributed by atoms with van der Waals surface area (Å²) >= 11 is 0. The number of carbonyl (C=O) groups excluding carboxylic acids is 2. The lowest BCUT2D eigenvalue weighted by Crippen LogP contribution is -2.36. The van der Waals surface area contributed by atoms with Crippen LogP contribution in [0.5, 0.6) is 23.0 Å². The monoisotopic (exact) mass is 520 g/mol. The van der Waals surface area contributed by atoms with Gasteiger partial charge in [-0.25, -0.2) is 0 Å². The Morgan fingerprint density at radius 3 is 2.17 bits per heavy atom. The van der Waals surface area contributed by atoms with Crippen LogP contribution in [0.3, 0.4) is 0 Å². The van der Waals surface area contributed by atoms with Crippen molar-refractivity contribution in [3.63, 3.8) is 0 Å². The number of benzene rings is 2. The van der Waals surface area contributed by atoms with Crippen LogP contribution in [0.2, 0.25) is 0 Å². The number of nitrogens with zero attached hydrogens (tertiary/aromatic N) is 2. The Morgan fingerprint density at radius 2 is 1.61 bits per heavy atom. The number of amides is 2. The molecule has 0 aliphatic carbocycles. The predicted molar refractivity (Wildman–Crippen MR) is 136 cm³/mol. The van der Waals surface area contributed by atoms with E-state index < -0.39 is 17.9 Å². The highest BCUT2D eigenvalue weighted by Gasteiger charge is 2.21. The predicted octanol–water partition coefficient (Wildman–Crippen LogP) is 2.13. The zero-order chi connectivity index (χ0) is 25.5. The van der Waals surface area contributed by atoms with Crippen molar-refractivity contribution in [2.24, 2.45) is 11.5 Å². The lowest BCUT2D eigenvalue weighted by Gasteiger charge is -2.15. The maximum atomic E-state index is 12.6. The molecule has 3 rings (SSSR count). The van der Waals surface area contributed by atoms with E-state index in [-0.39, 0.29) is 25.2 Å². The molecule has 0 bridgehead atoms. The Morgan fingerprint density at radius 1 is 0.972 bits per heavy atom. The van der Waals surface area contributed by atoms with Crippen LogP contribution in [-0.4, -0.2) is 61.7 Å². The van der Waals surface area contributed by atoms with Gasteiger partial charge in [0.05, 0.1) is 45.9 Å². The average molecular weight is 521 g/mol. The summed E-state index contributed by atoms with van der Waals surface area (Å²) in [6.07, 6.45) is 0.128. The van der Waals surface area contributed by atoms with Gasteiger partial charge in [-0.2, -0.15) is 0 Å². The largest absolute Gasteiger partial charge is 0.495 e. The van der Waals surface area contributed by atoms with E-state index >= 15 is 0 Å². The third kappa shape index (κ3) is 6.15. The van der Waals surface area contributed by atoms with E-state index in [1.54, 1.807) is 30.3 Å². The van der Waals surface area contributed by atoms with Crippen LogP contribution >= 0.6 is 12.4 Å². The molecule has 0 radical (unpaired) electrons. The summed E-state index contributed by atoms with van der Waals surface area (Å²) in [5, 5.41) is 13.8. The van der Waals surface area contributed by atoms with Gasteiger partial charge in [-0.05, 0) is 36.8 Å². The zero-order valence-electron chi connectivity index (χ0n) is 20.3. The van der Waals surface area contributed by atoms with Gasteiger partial charge in [-0.3, -0.25) is 14.7 Å². The number of H-pyrrole nitrogens is 1. The molecule has 12 nitrogen and oxygen atoms in total. The summed E-state index contributed by atoms with van der Waals surface area (Å²) in [7, 11) is 6.06. The number of aromatic nitrogens is 3. The SMILES string of the molecule is COc1ccc(-c2[nH]nnc2-c2cc(OC)c(OC)c(OC)c2)cc1NC(=O)C(N)CCC(N)=O.Cl. The number of anilines is 1. The molecule has 1 atom stereocenters. The number of carbonyl (C=O) groups is 2. The molecular formula is C23H29ClN6O6. The summed E-state index contributed by atoms with van der Waals surface area (Å²) in [6, 6.07) is 7.78. The van der Waals surface area contributed by atoms with Crippen LogP contribution < -0.4 is 35.7 Å². The van der Waals surface area contributed by atoms with Crippen molar-refractivity contribution in [2.45, 2.75) is 18.9 Å². The fraction of sp³-hybridized carbons (Fsp3) is 0.304. The van der Waals surface area contributed by atoms with Crippen molar-refractivity contribution in [1.29, 1.82) is 0 Å². The first-order valence-electron chi connectivity index (χ1n) is 10.6. The quantitative estimate of drug-likeness (QED) is 0.295. The third-order valence-corrected chi connectivity index (χ3v) is 5.27. The number of methoxy groups -OCH3 is 4. The normalized spacial score (nSPS) is 11.1. The van der Waals surface area contributed by atoms with Crippen molar-refractivity contribution in [3.8, 4) is 45.5 Å². The third-order valence-electron chi connectivity index (χ3n) is 5.27. The van der Waals surface area contributed by atoms with E-state index in [9.17, 15) is 9.59 Å². The highest BCUT2D eigenvalue weighted by Crippen LogP contribution is 2.42. The van der Waals surface area contributed by atoms with Gasteiger partial charge in [0.25, 0.3) is 0 Å². The molecule has 2 amide bonds. The van der Waals surface area contributed by atoms with Gasteiger partial charge >= 0.3 is 0 Å². The van der Waals surface area contributed by atoms with Crippen molar-refractivity contribution in [1.82, 2.24) is 15.4 Å². The molecule has 0 aliphatic rings. The number of nitrogens with one attached hydrogen (secondary N) is 2. The summed E-state index contributed by atoms with van der Waals surface area (Å²) in [4.78, 5) is 23.6. The fourth-order valence-corrected chi connectivity index (χ4v) is 3.46. The maximum absolute atomic E-state index is 12.6. The molecule has 0 spiro atoms. The molecule has 0 saturated heterocycles. The number of primary amides is 1. The maximum Gasteiger partial charge on any atom is 0.241 e. The van der Waals surface area contributed by atoms with E-state index in [1.807, 2.05) is 0 Å². The number of hydrogen-bond donors (Lipinski definition) is 4. The number of rotatable bonds is 11. The van der Waals surface area contributed by atoms with Crippen LogP contribution in [-0.2, 0) is 9.59 Å². The smallest absolute Gasteiger partial charge is 0.241 e. The molecule has 3 aromatic rings.